The Kier molecular flexibility index (Phi) is 4.20. The molecule has 1 amide bonds. The molecule has 0 aliphatic carbocycles. The van der Waals surface area contributed by atoms with Crippen LogP contribution in [0.25, 0.3) is 17.1 Å². The summed E-state index contributed by atoms with van der Waals surface area (Å²) in [5.41, 5.74) is 11.8. The first kappa shape index (κ1) is 16.3. The molecule has 10 heteroatoms. The molecule has 3 heterocycles. The molecule has 1 saturated heterocycles. The normalized spacial score (nSPS) is 27.3. The number of fused-ring (bicyclic) bond motifs is 1. The molecule has 24 heavy (non-hydrogen) atoms. The van der Waals surface area contributed by atoms with Crippen molar-refractivity contribution in [1.29, 1.82) is 0 Å². The van der Waals surface area contributed by atoms with Crippen molar-refractivity contribution in [2.45, 2.75) is 24.5 Å². The summed E-state index contributed by atoms with van der Waals surface area (Å²) >= 11 is 0. The number of amides is 1. The standard InChI is InChI=1S/C14H17N5O5/c15-8(21)2-1-6-3-19(13-9(6)12(16)17-5-18-13)14-11(23)10(22)7(4-20)24-14/h1-3,5,7,10-11,14,20,22-23H,4H2,(H2,15,21)(H2,16,17,18)/b2-1+/t7-,10-,11-,14-/m1/s1. The minimum Gasteiger partial charge on any atom is -0.394 e. The van der Waals surface area contributed by atoms with Gasteiger partial charge in [0.25, 0.3) is 0 Å². The van der Waals surface area contributed by atoms with Gasteiger partial charge in [0, 0.05) is 17.8 Å². The summed E-state index contributed by atoms with van der Waals surface area (Å²) in [6.07, 6.45) is 0.969. The van der Waals surface area contributed by atoms with Crippen molar-refractivity contribution >= 4 is 28.8 Å². The summed E-state index contributed by atoms with van der Waals surface area (Å²) in [5, 5.41) is 29.8. The smallest absolute Gasteiger partial charge is 0.241 e. The van der Waals surface area contributed by atoms with Gasteiger partial charge in [-0.25, -0.2) is 9.97 Å². The van der Waals surface area contributed by atoms with Crippen molar-refractivity contribution in [3.05, 3.63) is 24.2 Å². The molecule has 0 saturated carbocycles. The van der Waals surface area contributed by atoms with Gasteiger partial charge in [-0.1, -0.05) is 0 Å². The Morgan fingerprint density at radius 3 is 2.75 bits per heavy atom. The molecule has 0 radical (unpaired) electrons. The van der Waals surface area contributed by atoms with Crippen molar-refractivity contribution in [2.24, 2.45) is 5.73 Å². The fourth-order valence-corrected chi connectivity index (χ4v) is 2.74. The van der Waals surface area contributed by atoms with Crippen LogP contribution in [-0.2, 0) is 9.53 Å². The molecular weight excluding hydrogens is 318 g/mol. The molecule has 3 rings (SSSR count). The molecule has 1 aliphatic rings. The SMILES string of the molecule is NC(=O)/C=C/c1cn([C@@H]2O[C@H](CO)[C@@H](O)[C@H]2O)c2ncnc(N)c12. The zero-order chi connectivity index (χ0) is 17.4. The number of nitrogens with zero attached hydrogens (tertiary/aromatic N) is 3. The number of carbonyl (C=O) groups is 1. The van der Waals surface area contributed by atoms with Crippen LogP contribution in [0.2, 0.25) is 0 Å². The van der Waals surface area contributed by atoms with Crippen LogP contribution < -0.4 is 11.5 Å². The van der Waals surface area contributed by atoms with Crippen LogP contribution in [0, 0.1) is 0 Å². The molecule has 0 spiro atoms. The summed E-state index contributed by atoms with van der Waals surface area (Å²) < 4.78 is 6.97. The maximum absolute atomic E-state index is 11.0. The average molecular weight is 335 g/mol. The third-order valence-corrected chi connectivity index (χ3v) is 3.89. The van der Waals surface area contributed by atoms with Gasteiger partial charge >= 0.3 is 0 Å². The number of rotatable bonds is 4. The van der Waals surface area contributed by atoms with Gasteiger partial charge in [-0.2, -0.15) is 0 Å². The second-order valence-electron chi connectivity index (χ2n) is 5.41. The van der Waals surface area contributed by atoms with E-state index in [1.54, 1.807) is 6.20 Å². The van der Waals surface area contributed by atoms with Crippen LogP contribution in [0.1, 0.15) is 11.8 Å². The predicted octanol–water partition coefficient (Wildman–Crippen LogP) is -1.88. The highest BCUT2D eigenvalue weighted by molar-refractivity contribution is 5.98. The van der Waals surface area contributed by atoms with E-state index in [0.29, 0.717) is 16.6 Å². The summed E-state index contributed by atoms with van der Waals surface area (Å²) in [6.45, 7) is -0.445. The van der Waals surface area contributed by atoms with Crippen molar-refractivity contribution in [3.63, 3.8) is 0 Å². The molecule has 4 atom stereocenters. The highest BCUT2D eigenvalue weighted by Crippen LogP contribution is 2.34. The van der Waals surface area contributed by atoms with Crippen molar-refractivity contribution in [1.82, 2.24) is 14.5 Å². The van der Waals surface area contributed by atoms with Crippen molar-refractivity contribution in [3.8, 4) is 0 Å². The van der Waals surface area contributed by atoms with Crippen LogP contribution in [0.3, 0.4) is 0 Å². The molecule has 2 aromatic heterocycles. The largest absolute Gasteiger partial charge is 0.394 e. The number of ether oxygens (including phenoxy) is 1. The lowest BCUT2D eigenvalue weighted by molar-refractivity contribution is -0.113. The van der Waals surface area contributed by atoms with Crippen molar-refractivity contribution < 1.29 is 24.9 Å². The summed E-state index contributed by atoms with van der Waals surface area (Å²) in [5.74, 6) is -0.464. The molecule has 0 bridgehead atoms. The monoisotopic (exact) mass is 335 g/mol. The number of aliphatic hydroxyl groups excluding tert-OH is 3. The molecule has 10 nitrogen and oxygen atoms in total. The molecule has 0 aromatic carbocycles. The molecule has 128 valence electrons. The van der Waals surface area contributed by atoms with E-state index in [-0.39, 0.29) is 5.82 Å². The summed E-state index contributed by atoms with van der Waals surface area (Å²) in [6, 6.07) is 0. The Morgan fingerprint density at radius 2 is 2.12 bits per heavy atom. The first-order valence-electron chi connectivity index (χ1n) is 7.15. The summed E-state index contributed by atoms with van der Waals surface area (Å²) in [7, 11) is 0. The van der Waals surface area contributed by atoms with Gasteiger partial charge in [0.15, 0.2) is 6.23 Å². The zero-order valence-corrected chi connectivity index (χ0v) is 12.5. The molecule has 2 aromatic rings. The minimum absolute atomic E-state index is 0.176. The van der Waals surface area contributed by atoms with E-state index in [4.69, 9.17) is 16.2 Å². The van der Waals surface area contributed by atoms with E-state index >= 15 is 0 Å². The van der Waals surface area contributed by atoms with Gasteiger partial charge in [0.05, 0.1) is 12.0 Å². The quantitative estimate of drug-likeness (QED) is 0.404. The van der Waals surface area contributed by atoms with Crippen LogP contribution >= 0.6 is 0 Å². The number of primary amides is 1. The van der Waals surface area contributed by atoms with Crippen LogP contribution in [-0.4, -0.2) is 60.7 Å². The van der Waals surface area contributed by atoms with Crippen LogP contribution in [0.15, 0.2) is 18.6 Å². The maximum atomic E-state index is 11.0. The Morgan fingerprint density at radius 1 is 1.38 bits per heavy atom. The maximum Gasteiger partial charge on any atom is 0.241 e. The number of anilines is 1. The van der Waals surface area contributed by atoms with E-state index in [2.05, 4.69) is 9.97 Å². The number of hydrogen-bond donors (Lipinski definition) is 5. The van der Waals surface area contributed by atoms with Gasteiger partial charge in [-0.15, -0.1) is 0 Å². The van der Waals surface area contributed by atoms with E-state index in [1.807, 2.05) is 0 Å². The van der Waals surface area contributed by atoms with E-state index in [0.717, 1.165) is 6.08 Å². The third kappa shape index (κ3) is 2.61. The molecule has 7 N–H and O–H groups in total. The van der Waals surface area contributed by atoms with Gasteiger partial charge in [0.1, 0.15) is 36.1 Å². The lowest BCUT2D eigenvalue weighted by Crippen LogP contribution is -2.33. The summed E-state index contributed by atoms with van der Waals surface area (Å²) in [4.78, 5) is 19.0. The topological polar surface area (TPSA) is 170 Å². The Labute approximate surface area is 136 Å². The third-order valence-electron chi connectivity index (χ3n) is 3.89. The number of nitrogens with two attached hydrogens (primary N) is 2. The second kappa shape index (κ2) is 6.17. The van der Waals surface area contributed by atoms with E-state index in [1.165, 1.54) is 17.0 Å². The second-order valence-corrected chi connectivity index (χ2v) is 5.41. The van der Waals surface area contributed by atoms with Gasteiger partial charge in [0.2, 0.25) is 5.91 Å². The lowest BCUT2D eigenvalue weighted by atomic mass is 10.1. The highest BCUT2D eigenvalue weighted by Gasteiger charge is 2.44. The van der Waals surface area contributed by atoms with Crippen LogP contribution in [0.4, 0.5) is 5.82 Å². The van der Waals surface area contributed by atoms with E-state index in [9.17, 15) is 20.1 Å². The lowest BCUT2D eigenvalue weighted by Gasteiger charge is -2.17. The van der Waals surface area contributed by atoms with E-state index < -0.39 is 37.1 Å². The van der Waals surface area contributed by atoms with Gasteiger partial charge < -0.3 is 36.1 Å². The fraction of sp³-hybridized carbons (Fsp3) is 0.357. The number of nitrogen functional groups attached to an aromatic ring is 1. The fourth-order valence-electron chi connectivity index (χ4n) is 2.74. The number of hydrogen-bond acceptors (Lipinski definition) is 8. The van der Waals surface area contributed by atoms with Gasteiger partial charge in [-0.3, -0.25) is 4.79 Å². The number of aromatic nitrogens is 3. The number of aliphatic hydroxyl groups is 3. The van der Waals surface area contributed by atoms with Gasteiger partial charge in [-0.05, 0) is 6.08 Å². The molecule has 1 aliphatic heterocycles. The Bertz CT molecular complexity index is 804. The zero-order valence-electron chi connectivity index (χ0n) is 12.5. The van der Waals surface area contributed by atoms with Crippen molar-refractivity contribution in [2.75, 3.05) is 12.3 Å². The Hall–Kier alpha value is -2.53. The number of carbonyl (C=O) groups excluding carboxylic acids is 1. The highest BCUT2D eigenvalue weighted by atomic mass is 16.6. The minimum atomic E-state index is -1.28. The van der Waals surface area contributed by atoms with Crippen LogP contribution in [0.5, 0.6) is 0 Å². The molecule has 0 unspecified atom stereocenters. The first-order valence-corrected chi connectivity index (χ1v) is 7.15. The molecular formula is C14H17N5O5. The Balaban J connectivity index is 2.12. The molecule has 1 fully saturated rings. The average Bonchev–Trinajstić information content (AvgIpc) is 3.05. The predicted molar refractivity (Wildman–Crippen MR) is 83.2 cm³/mol. The first-order chi connectivity index (χ1) is 11.4.